The van der Waals surface area contributed by atoms with Gasteiger partial charge in [0.2, 0.25) is 0 Å². The lowest BCUT2D eigenvalue weighted by atomic mass is 9.44. The van der Waals surface area contributed by atoms with Crippen molar-refractivity contribution >= 4 is 17.3 Å². The predicted octanol–water partition coefficient (Wildman–Crippen LogP) is 2.48. The third-order valence-corrected chi connectivity index (χ3v) is 9.36. The van der Waals surface area contributed by atoms with Crippen LogP contribution in [0.25, 0.3) is 0 Å². The van der Waals surface area contributed by atoms with Crippen molar-refractivity contribution in [2.45, 2.75) is 70.8 Å². The van der Waals surface area contributed by atoms with Crippen molar-refractivity contribution in [3.8, 4) is 0 Å². The summed E-state index contributed by atoms with van der Waals surface area (Å²) in [5.41, 5.74) is 0.408. The molecule has 7 atom stereocenters. The summed E-state index contributed by atoms with van der Waals surface area (Å²) in [4.78, 5) is 31.6. The van der Waals surface area contributed by atoms with Gasteiger partial charge in [0.1, 0.15) is 17.7 Å². The fourth-order valence-electron chi connectivity index (χ4n) is 7.66. The van der Waals surface area contributed by atoms with E-state index in [2.05, 4.69) is 17.4 Å². The van der Waals surface area contributed by atoms with E-state index in [1.807, 2.05) is 0 Å². The second-order valence-electron chi connectivity index (χ2n) is 10.5. The van der Waals surface area contributed by atoms with Crippen molar-refractivity contribution in [2.24, 2.45) is 39.7 Å². The molecule has 0 spiro atoms. The highest BCUT2D eigenvalue weighted by atomic mass is 16.6. The quantitative estimate of drug-likeness (QED) is 0.708. The summed E-state index contributed by atoms with van der Waals surface area (Å²) >= 11 is 0. The number of aliphatic hydroxyl groups is 1. The Hall–Kier alpha value is -1.27. The zero-order valence-electron chi connectivity index (χ0n) is 17.5. The van der Waals surface area contributed by atoms with Crippen LogP contribution < -0.4 is 5.32 Å². The summed E-state index contributed by atoms with van der Waals surface area (Å²) in [7, 11) is 0. The van der Waals surface area contributed by atoms with E-state index in [0.29, 0.717) is 36.9 Å². The van der Waals surface area contributed by atoms with E-state index in [9.17, 15) is 14.7 Å². The molecule has 4 saturated carbocycles. The van der Waals surface area contributed by atoms with Crippen molar-refractivity contribution in [1.82, 2.24) is 5.32 Å². The minimum absolute atomic E-state index is 0.0721. The molecule has 160 valence electrons. The Morgan fingerprint density at radius 3 is 2.76 bits per heavy atom. The predicted molar refractivity (Wildman–Crippen MR) is 108 cm³/mol. The third kappa shape index (κ3) is 2.93. The molecule has 0 aromatic rings. The molecule has 0 radical (unpaired) electrons. The summed E-state index contributed by atoms with van der Waals surface area (Å²) in [5.74, 6) is 1.45. The lowest BCUT2D eigenvalue weighted by Gasteiger charge is -2.59. The monoisotopic (exact) mass is 402 g/mol. The standard InChI is InChI=1S/C23H34N2O4/c1-22-7-5-18-16(17(22)2-3-21(22)28)11-20(27)19-10-14(4-8-23(18,19)13-26)25-29-15-6-9-24-12-15/h15-19,24,26H,2-13H2,1H3/b25-14+/t15?,16?,17?,18?,19?,22-,23-/m0/s1. The highest BCUT2D eigenvalue weighted by Gasteiger charge is 2.63. The van der Waals surface area contributed by atoms with Crippen LogP contribution in [0.2, 0.25) is 0 Å². The van der Waals surface area contributed by atoms with Crippen LogP contribution in [0, 0.1) is 34.5 Å². The van der Waals surface area contributed by atoms with Crippen LogP contribution in [0.1, 0.15) is 64.7 Å². The van der Waals surface area contributed by atoms with Crippen LogP contribution in [0.3, 0.4) is 0 Å². The minimum Gasteiger partial charge on any atom is -0.396 e. The Kier molecular flexibility index (Phi) is 4.86. The molecular formula is C23H34N2O4. The maximum absolute atomic E-state index is 13.3. The normalized spacial score (nSPS) is 48.3. The SMILES string of the molecule is C[C@]12CCC3C(CC(=O)C4C/C(=N/OC5CCNC5)CC[C@@]43CO)C1CCC2=O. The number of carbonyl (C=O) groups excluding carboxylic acids is 2. The molecule has 6 heteroatoms. The molecule has 0 aromatic carbocycles. The fraction of sp³-hybridized carbons (Fsp3) is 0.870. The molecular weight excluding hydrogens is 368 g/mol. The second kappa shape index (κ2) is 7.16. The first-order valence-corrected chi connectivity index (χ1v) is 11.6. The highest BCUT2D eigenvalue weighted by molar-refractivity contribution is 5.93. The maximum Gasteiger partial charge on any atom is 0.141 e. The van der Waals surface area contributed by atoms with E-state index in [-0.39, 0.29) is 41.2 Å². The Bertz CT molecular complexity index is 730. The number of hydrogen-bond acceptors (Lipinski definition) is 6. The Labute approximate surface area is 172 Å². The summed E-state index contributed by atoms with van der Waals surface area (Å²) < 4.78 is 0. The molecule has 6 nitrogen and oxygen atoms in total. The van der Waals surface area contributed by atoms with Crippen molar-refractivity contribution in [3.63, 3.8) is 0 Å². The number of ketones is 2. The Morgan fingerprint density at radius 2 is 2.00 bits per heavy atom. The van der Waals surface area contributed by atoms with Crippen molar-refractivity contribution in [2.75, 3.05) is 19.7 Å². The van der Waals surface area contributed by atoms with Gasteiger partial charge in [0, 0.05) is 49.2 Å². The molecule has 4 aliphatic carbocycles. The number of rotatable bonds is 3. The van der Waals surface area contributed by atoms with Gasteiger partial charge in [0.25, 0.3) is 0 Å². The molecule has 0 amide bonds. The average Bonchev–Trinajstić information content (AvgIpc) is 3.35. The topological polar surface area (TPSA) is 88.0 Å². The van der Waals surface area contributed by atoms with Gasteiger partial charge in [-0.3, -0.25) is 9.59 Å². The summed E-state index contributed by atoms with van der Waals surface area (Å²) in [6.07, 6.45) is 7.39. The number of aliphatic hydroxyl groups excluding tert-OH is 1. The van der Waals surface area contributed by atoms with E-state index >= 15 is 0 Å². The highest BCUT2D eigenvalue weighted by Crippen LogP contribution is 2.64. The molecule has 5 unspecified atom stereocenters. The van der Waals surface area contributed by atoms with Crippen molar-refractivity contribution in [1.29, 1.82) is 0 Å². The Balaban J connectivity index is 1.38. The van der Waals surface area contributed by atoms with E-state index < -0.39 is 0 Å². The van der Waals surface area contributed by atoms with Gasteiger partial charge in [-0.15, -0.1) is 0 Å². The molecule has 5 fully saturated rings. The second-order valence-corrected chi connectivity index (χ2v) is 10.5. The van der Waals surface area contributed by atoms with Crippen molar-refractivity contribution in [3.05, 3.63) is 0 Å². The summed E-state index contributed by atoms with van der Waals surface area (Å²) in [6, 6.07) is 0. The van der Waals surface area contributed by atoms with Gasteiger partial charge in [-0.05, 0) is 62.8 Å². The van der Waals surface area contributed by atoms with Gasteiger partial charge in [0.05, 0.1) is 5.71 Å². The maximum atomic E-state index is 13.3. The largest absolute Gasteiger partial charge is 0.396 e. The lowest BCUT2D eigenvalue weighted by Crippen LogP contribution is -2.59. The Morgan fingerprint density at radius 1 is 1.14 bits per heavy atom. The van der Waals surface area contributed by atoms with Gasteiger partial charge in [-0.25, -0.2) is 0 Å². The molecule has 1 heterocycles. The van der Waals surface area contributed by atoms with Gasteiger partial charge >= 0.3 is 0 Å². The number of Topliss-reactive ketones (excluding diaryl/α,β-unsaturated/α-hetero) is 2. The van der Waals surface area contributed by atoms with E-state index in [4.69, 9.17) is 4.84 Å². The minimum atomic E-state index is -0.332. The summed E-state index contributed by atoms with van der Waals surface area (Å²) in [5, 5.41) is 18.3. The zero-order valence-corrected chi connectivity index (χ0v) is 17.5. The van der Waals surface area contributed by atoms with Crippen LogP contribution in [0.15, 0.2) is 5.16 Å². The molecule has 1 saturated heterocycles. The molecule has 0 bridgehead atoms. The average molecular weight is 403 g/mol. The summed E-state index contributed by atoms with van der Waals surface area (Å²) in [6.45, 7) is 4.01. The molecule has 29 heavy (non-hydrogen) atoms. The van der Waals surface area contributed by atoms with Crippen molar-refractivity contribution < 1.29 is 19.5 Å². The molecule has 5 aliphatic rings. The first-order chi connectivity index (χ1) is 14.0. The number of hydrogen-bond donors (Lipinski definition) is 2. The zero-order chi connectivity index (χ0) is 20.2. The van der Waals surface area contributed by atoms with E-state index in [1.54, 1.807) is 0 Å². The first-order valence-electron chi connectivity index (χ1n) is 11.6. The van der Waals surface area contributed by atoms with Gasteiger partial charge in [-0.2, -0.15) is 0 Å². The molecule has 1 aliphatic heterocycles. The van der Waals surface area contributed by atoms with Gasteiger partial charge in [0.15, 0.2) is 0 Å². The smallest absolute Gasteiger partial charge is 0.141 e. The molecule has 5 rings (SSSR count). The van der Waals surface area contributed by atoms with E-state index in [1.165, 1.54) is 0 Å². The van der Waals surface area contributed by atoms with E-state index in [0.717, 1.165) is 57.3 Å². The number of oxime groups is 1. The number of nitrogens with zero attached hydrogens (tertiary/aromatic N) is 1. The van der Waals surface area contributed by atoms with Crippen LogP contribution in [0.5, 0.6) is 0 Å². The molecule has 0 aromatic heterocycles. The van der Waals surface area contributed by atoms with Gasteiger partial charge in [-0.1, -0.05) is 12.1 Å². The third-order valence-electron chi connectivity index (χ3n) is 9.36. The van der Waals surface area contributed by atoms with Crippen LogP contribution in [0.4, 0.5) is 0 Å². The fourth-order valence-corrected chi connectivity index (χ4v) is 7.66. The van der Waals surface area contributed by atoms with Crippen LogP contribution in [-0.2, 0) is 14.4 Å². The van der Waals surface area contributed by atoms with Gasteiger partial charge < -0.3 is 15.3 Å². The lowest BCUT2D eigenvalue weighted by molar-refractivity contribution is -0.160. The van der Waals surface area contributed by atoms with Crippen LogP contribution in [-0.4, -0.2) is 48.2 Å². The first kappa shape index (κ1) is 19.7. The number of carbonyl (C=O) groups is 2. The molecule has 2 N–H and O–H groups in total. The number of fused-ring (bicyclic) bond motifs is 5. The van der Waals surface area contributed by atoms with Crippen LogP contribution >= 0.6 is 0 Å². The number of nitrogens with one attached hydrogen (secondary N) is 1.